The fourth-order valence-electron chi connectivity index (χ4n) is 3.87. The Bertz CT molecular complexity index is 713. The first-order chi connectivity index (χ1) is 16.9. The third-order valence-corrected chi connectivity index (χ3v) is 6.77. The average molecular weight is 491 g/mol. The number of esters is 3. The third-order valence-electron chi connectivity index (χ3n) is 6.77. The minimum atomic E-state index is -0.804. The van der Waals surface area contributed by atoms with Crippen molar-refractivity contribution in [1.82, 2.24) is 0 Å². The molecule has 0 radical (unpaired) electrons. The van der Waals surface area contributed by atoms with Gasteiger partial charge in [-0.1, -0.05) is 78.5 Å². The van der Waals surface area contributed by atoms with Gasteiger partial charge in [-0.15, -0.1) is 0 Å². The molecule has 0 saturated heterocycles. The molecule has 0 aliphatic rings. The van der Waals surface area contributed by atoms with E-state index in [0.717, 1.165) is 38.5 Å². The van der Waals surface area contributed by atoms with Crippen LogP contribution in [0.25, 0.3) is 0 Å². The van der Waals surface area contributed by atoms with Crippen LogP contribution in [0.5, 0.6) is 0 Å². The Labute approximate surface area is 212 Å². The molecule has 2 atom stereocenters. The van der Waals surface area contributed by atoms with Gasteiger partial charge < -0.3 is 14.2 Å². The summed E-state index contributed by atoms with van der Waals surface area (Å²) in [6.45, 7) is 10.2. The van der Waals surface area contributed by atoms with Crippen molar-refractivity contribution in [2.75, 3.05) is 19.8 Å². The summed E-state index contributed by atoms with van der Waals surface area (Å²) >= 11 is 0. The van der Waals surface area contributed by atoms with Crippen LogP contribution in [0.1, 0.15) is 103 Å². The third kappa shape index (κ3) is 10.8. The van der Waals surface area contributed by atoms with Gasteiger partial charge in [-0.05, 0) is 44.2 Å². The molecule has 0 fully saturated rings. The molecule has 0 aromatic heterocycles. The number of hydrogen-bond donors (Lipinski definition) is 0. The Morgan fingerprint density at radius 3 is 1.57 bits per heavy atom. The van der Waals surface area contributed by atoms with E-state index in [2.05, 4.69) is 13.8 Å². The summed E-state index contributed by atoms with van der Waals surface area (Å²) in [5.41, 5.74) is -0.357. The largest absolute Gasteiger partial charge is 0.465 e. The highest BCUT2D eigenvalue weighted by atomic mass is 16.6. The van der Waals surface area contributed by atoms with E-state index in [0.29, 0.717) is 24.8 Å². The molecule has 0 aliphatic heterocycles. The van der Waals surface area contributed by atoms with Crippen LogP contribution in [0.15, 0.2) is 30.3 Å². The highest BCUT2D eigenvalue weighted by Gasteiger charge is 2.36. The van der Waals surface area contributed by atoms with Crippen LogP contribution in [-0.4, -0.2) is 37.7 Å². The van der Waals surface area contributed by atoms with Gasteiger partial charge in [0.1, 0.15) is 19.8 Å². The minimum absolute atomic E-state index is 0.00467. The fraction of sp³-hybridized carbons (Fsp3) is 0.690. The lowest BCUT2D eigenvalue weighted by molar-refractivity contribution is -0.162. The fourth-order valence-corrected chi connectivity index (χ4v) is 3.87. The zero-order chi connectivity index (χ0) is 26.1. The van der Waals surface area contributed by atoms with E-state index in [1.807, 2.05) is 26.8 Å². The second kappa shape index (κ2) is 17.1. The van der Waals surface area contributed by atoms with Crippen molar-refractivity contribution in [2.45, 2.75) is 92.4 Å². The quantitative estimate of drug-likeness (QED) is 0.167. The van der Waals surface area contributed by atoms with E-state index in [4.69, 9.17) is 14.2 Å². The summed E-state index contributed by atoms with van der Waals surface area (Å²) < 4.78 is 17.1. The lowest BCUT2D eigenvalue weighted by Crippen LogP contribution is -2.40. The molecule has 0 heterocycles. The second-order valence-electron chi connectivity index (χ2n) is 9.51. The first-order valence-corrected chi connectivity index (χ1v) is 13.4. The number of carbonyl (C=O) groups excluding carboxylic acids is 3. The lowest BCUT2D eigenvalue weighted by atomic mass is 9.87. The Morgan fingerprint density at radius 1 is 0.714 bits per heavy atom. The Morgan fingerprint density at radius 2 is 1.17 bits per heavy atom. The summed E-state index contributed by atoms with van der Waals surface area (Å²) in [5.74, 6) is -1.25. The van der Waals surface area contributed by atoms with Crippen molar-refractivity contribution < 1.29 is 28.6 Å². The van der Waals surface area contributed by atoms with E-state index in [1.54, 1.807) is 24.3 Å². The smallest absolute Gasteiger partial charge is 0.338 e. The first-order valence-electron chi connectivity index (χ1n) is 13.4. The molecule has 0 spiro atoms. The van der Waals surface area contributed by atoms with Gasteiger partial charge in [0.05, 0.1) is 22.8 Å². The van der Waals surface area contributed by atoms with Crippen molar-refractivity contribution in [3.05, 3.63) is 35.9 Å². The number of benzene rings is 1. The van der Waals surface area contributed by atoms with E-state index >= 15 is 0 Å². The molecule has 0 amide bonds. The summed E-state index contributed by atoms with van der Waals surface area (Å²) in [6.07, 6.45) is 7.50. The number of carbonyl (C=O) groups is 3. The maximum atomic E-state index is 12.8. The van der Waals surface area contributed by atoms with Gasteiger partial charge in [0.15, 0.2) is 0 Å². The summed E-state index contributed by atoms with van der Waals surface area (Å²) in [7, 11) is 0. The van der Waals surface area contributed by atoms with Gasteiger partial charge in [0.25, 0.3) is 0 Å². The number of rotatable bonds is 18. The number of ether oxygens (including phenoxy) is 3. The molecule has 1 aromatic carbocycles. The molecule has 0 bridgehead atoms. The highest BCUT2D eigenvalue weighted by molar-refractivity contribution is 5.89. The molecule has 6 nitrogen and oxygen atoms in total. The maximum Gasteiger partial charge on any atom is 0.338 e. The molecular formula is C29H46O6. The number of unbranched alkanes of at least 4 members (excludes halogenated alkanes) is 2. The topological polar surface area (TPSA) is 78.9 Å². The van der Waals surface area contributed by atoms with Crippen LogP contribution < -0.4 is 0 Å². The first kappa shape index (κ1) is 30.7. The molecule has 1 rings (SSSR count). The predicted octanol–water partition coefficient (Wildman–Crippen LogP) is 6.76. The van der Waals surface area contributed by atoms with Crippen molar-refractivity contribution in [3.63, 3.8) is 0 Å². The van der Waals surface area contributed by atoms with Crippen LogP contribution >= 0.6 is 0 Å². The molecule has 0 aliphatic carbocycles. The van der Waals surface area contributed by atoms with Gasteiger partial charge in [0, 0.05) is 0 Å². The normalized spacial score (nSPS) is 14.4. The van der Waals surface area contributed by atoms with Crippen molar-refractivity contribution in [1.29, 1.82) is 0 Å². The van der Waals surface area contributed by atoms with Gasteiger partial charge in [0.2, 0.25) is 0 Å². The predicted molar refractivity (Wildman–Crippen MR) is 138 cm³/mol. The Hall–Kier alpha value is -2.37. The van der Waals surface area contributed by atoms with Crippen molar-refractivity contribution in [3.8, 4) is 0 Å². The van der Waals surface area contributed by atoms with Crippen LogP contribution in [0.3, 0.4) is 0 Å². The highest BCUT2D eigenvalue weighted by Crippen LogP contribution is 2.27. The van der Waals surface area contributed by atoms with Crippen LogP contribution in [0.2, 0.25) is 0 Å². The van der Waals surface area contributed by atoms with Crippen LogP contribution in [0, 0.1) is 17.3 Å². The maximum absolute atomic E-state index is 12.8. The molecular weight excluding hydrogens is 444 g/mol. The summed E-state index contributed by atoms with van der Waals surface area (Å²) in [6, 6.07) is 8.76. The Kier molecular flexibility index (Phi) is 15.0. The summed E-state index contributed by atoms with van der Waals surface area (Å²) in [5, 5.41) is 0. The van der Waals surface area contributed by atoms with Crippen LogP contribution in [-0.2, 0) is 23.8 Å². The van der Waals surface area contributed by atoms with E-state index in [1.165, 1.54) is 0 Å². The van der Waals surface area contributed by atoms with Crippen molar-refractivity contribution in [2.24, 2.45) is 17.3 Å². The molecule has 1 aromatic rings. The number of hydrogen-bond acceptors (Lipinski definition) is 6. The standard InChI is InChI=1S/C29H46O6/c1-6-11-16-23(8-3)26(30)33-20-29(10-5,21-34-27(31)24(9-4)17-12-7-2)22-35-28(32)25-18-14-13-15-19-25/h13-15,18-19,23-24H,6-12,16-17,20-22H2,1-5H3. The molecule has 198 valence electrons. The van der Waals surface area contributed by atoms with Gasteiger partial charge >= 0.3 is 17.9 Å². The molecule has 35 heavy (non-hydrogen) atoms. The second-order valence-corrected chi connectivity index (χ2v) is 9.51. The average Bonchev–Trinajstić information content (AvgIpc) is 2.89. The SMILES string of the molecule is CCCCC(CC)C(=O)OCC(CC)(COC(=O)c1ccccc1)COC(=O)C(CC)CCCC. The van der Waals surface area contributed by atoms with E-state index < -0.39 is 11.4 Å². The van der Waals surface area contributed by atoms with Gasteiger partial charge in [-0.3, -0.25) is 9.59 Å². The van der Waals surface area contributed by atoms with Gasteiger partial charge in [-0.25, -0.2) is 4.79 Å². The molecule has 0 N–H and O–H groups in total. The van der Waals surface area contributed by atoms with E-state index in [9.17, 15) is 14.4 Å². The monoisotopic (exact) mass is 490 g/mol. The molecule has 2 unspecified atom stereocenters. The lowest BCUT2D eigenvalue weighted by Gasteiger charge is -2.32. The van der Waals surface area contributed by atoms with E-state index in [-0.39, 0.29) is 43.6 Å². The zero-order valence-electron chi connectivity index (χ0n) is 22.5. The molecule has 6 heteroatoms. The van der Waals surface area contributed by atoms with Crippen molar-refractivity contribution >= 4 is 17.9 Å². The van der Waals surface area contributed by atoms with Crippen LogP contribution in [0.4, 0.5) is 0 Å². The summed E-state index contributed by atoms with van der Waals surface area (Å²) in [4.78, 5) is 38.1. The van der Waals surface area contributed by atoms with Gasteiger partial charge in [-0.2, -0.15) is 0 Å². The molecule has 0 saturated carbocycles. The minimum Gasteiger partial charge on any atom is -0.465 e. The Balaban J connectivity index is 2.94. The zero-order valence-corrected chi connectivity index (χ0v) is 22.5.